The number of rotatable bonds is 6. The van der Waals surface area contributed by atoms with E-state index in [1.807, 2.05) is 35.2 Å². The van der Waals surface area contributed by atoms with Crippen molar-refractivity contribution in [1.29, 1.82) is 0 Å². The van der Waals surface area contributed by atoms with Gasteiger partial charge in [0.1, 0.15) is 6.61 Å². The normalized spacial score (nSPS) is 24.4. The number of piperidine rings is 1. The van der Waals surface area contributed by atoms with Crippen LogP contribution in [0.3, 0.4) is 0 Å². The predicted molar refractivity (Wildman–Crippen MR) is 84.9 cm³/mol. The summed E-state index contributed by atoms with van der Waals surface area (Å²) in [6, 6.07) is 10.2. The minimum Gasteiger partial charge on any atom is -0.305 e. The Morgan fingerprint density at radius 3 is 2.59 bits per heavy atom. The highest BCUT2D eigenvalue weighted by molar-refractivity contribution is 5.76. The number of hydrogen-bond acceptors (Lipinski definition) is 3. The van der Waals surface area contributed by atoms with Gasteiger partial charge < -0.3 is 4.90 Å². The van der Waals surface area contributed by atoms with Crippen molar-refractivity contribution in [2.75, 3.05) is 19.6 Å². The smallest absolute Gasteiger partial charge is 0.305 e. The maximum absolute atomic E-state index is 12.7. The maximum atomic E-state index is 12.7. The molecule has 0 aromatic heterocycles. The molecule has 0 unspecified atom stereocenters. The van der Waals surface area contributed by atoms with Crippen LogP contribution in [0.4, 0.5) is 4.79 Å². The first-order valence-electron chi connectivity index (χ1n) is 8.25. The van der Waals surface area contributed by atoms with Crippen molar-refractivity contribution in [3.63, 3.8) is 0 Å². The fraction of sp³-hybridized carbons (Fsp3) is 0.588. The van der Waals surface area contributed by atoms with Crippen molar-refractivity contribution in [2.45, 2.75) is 45.5 Å². The van der Waals surface area contributed by atoms with Gasteiger partial charge in [0.15, 0.2) is 0 Å². The molecule has 5 nitrogen and oxygen atoms in total. The van der Waals surface area contributed by atoms with E-state index in [-0.39, 0.29) is 18.2 Å². The molecule has 0 N–H and O–H groups in total. The second kappa shape index (κ2) is 6.67. The van der Waals surface area contributed by atoms with E-state index in [1.54, 1.807) is 5.06 Å². The lowest BCUT2D eigenvalue weighted by atomic mass is 10.0. The molecular formula is C17H25N3O2. The van der Waals surface area contributed by atoms with Gasteiger partial charge in [-0.05, 0) is 31.5 Å². The molecule has 0 saturated carbocycles. The fourth-order valence-corrected chi connectivity index (χ4v) is 3.52. The Hall–Kier alpha value is -1.59. The van der Waals surface area contributed by atoms with E-state index in [0.29, 0.717) is 6.61 Å². The second-order valence-electron chi connectivity index (χ2n) is 5.95. The Bertz CT molecular complexity index is 504. The number of carbonyl (C=O) groups is 1. The topological polar surface area (TPSA) is 36.0 Å². The van der Waals surface area contributed by atoms with Crippen LogP contribution in [-0.2, 0) is 11.4 Å². The zero-order valence-electron chi connectivity index (χ0n) is 13.4. The zero-order valence-corrected chi connectivity index (χ0v) is 13.4. The number of urea groups is 1. The van der Waals surface area contributed by atoms with Gasteiger partial charge in [-0.2, -0.15) is 5.06 Å². The summed E-state index contributed by atoms with van der Waals surface area (Å²) < 4.78 is 0. The van der Waals surface area contributed by atoms with E-state index < -0.39 is 0 Å². The van der Waals surface area contributed by atoms with E-state index in [2.05, 4.69) is 18.7 Å². The molecule has 2 aliphatic rings. The average Bonchev–Trinajstić information content (AvgIpc) is 2.81. The summed E-state index contributed by atoms with van der Waals surface area (Å²) in [6.07, 6.45) is 2.27. The molecule has 2 atom stereocenters. The number of hydrogen-bond donors (Lipinski definition) is 0. The van der Waals surface area contributed by atoms with Crippen molar-refractivity contribution in [3.05, 3.63) is 35.9 Å². The van der Waals surface area contributed by atoms with Gasteiger partial charge in [-0.15, -0.1) is 0 Å². The molecule has 3 rings (SSSR count). The van der Waals surface area contributed by atoms with Gasteiger partial charge in [0.25, 0.3) is 0 Å². The summed E-state index contributed by atoms with van der Waals surface area (Å²) in [4.78, 5) is 22.8. The Morgan fingerprint density at radius 1 is 1.18 bits per heavy atom. The molecule has 120 valence electrons. The number of benzene rings is 1. The van der Waals surface area contributed by atoms with Crippen molar-refractivity contribution >= 4 is 6.03 Å². The molecule has 2 amide bonds. The van der Waals surface area contributed by atoms with Crippen molar-refractivity contribution in [2.24, 2.45) is 0 Å². The van der Waals surface area contributed by atoms with Gasteiger partial charge >= 0.3 is 6.03 Å². The van der Waals surface area contributed by atoms with E-state index in [4.69, 9.17) is 4.84 Å². The highest BCUT2D eigenvalue weighted by Gasteiger charge is 2.46. The van der Waals surface area contributed by atoms with E-state index in [0.717, 1.165) is 38.0 Å². The molecule has 1 aromatic rings. The largest absolute Gasteiger partial charge is 0.345 e. The van der Waals surface area contributed by atoms with Gasteiger partial charge in [0.2, 0.25) is 0 Å². The Kier molecular flexibility index (Phi) is 4.64. The summed E-state index contributed by atoms with van der Waals surface area (Å²) in [5, 5.41) is 1.61. The monoisotopic (exact) mass is 303 g/mol. The molecular weight excluding hydrogens is 278 g/mol. The molecule has 0 spiro atoms. The van der Waals surface area contributed by atoms with Crippen LogP contribution in [0.15, 0.2) is 30.3 Å². The van der Waals surface area contributed by atoms with Crippen molar-refractivity contribution < 1.29 is 9.63 Å². The molecule has 0 radical (unpaired) electrons. The Balaban J connectivity index is 1.65. The summed E-state index contributed by atoms with van der Waals surface area (Å²) >= 11 is 0. The molecule has 22 heavy (non-hydrogen) atoms. The van der Waals surface area contributed by atoms with Crippen LogP contribution in [0, 0.1) is 0 Å². The van der Waals surface area contributed by atoms with Crippen molar-refractivity contribution in [1.82, 2.24) is 14.9 Å². The van der Waals surface area contributed by atoms with E-state index in [9.17, 15) is 4.79 Å². The zero-order chi connectivity index (χ0) is 15.5. The van der Waals surface area contributed by atoms with Crippen LogP contribution in [-0.4, -0.2) is 52.7 Å². The molecule has 2 fully saturated rings. The first kappa shape index (κ1) is 15.3. The van der Waals surface area contributed by atoms with E-state index in [1.165, 1.54) is 0 Å². The lowest BCUT2D eigenvalue weighted by molar-refractivity contribution is -0.140. The predicted octanol–water partition coefficient (Wildman–Crippen LogP) is 2.69. The van der Waals surface area contributed by atoms with Gasteiger partial charge in [0.05, 0.1) is 12.2 Å². The highest BCUT2D eigenvalue weighted by atomic mass is 16.7. The minimum absolute atomic E-state index is 0.0235. The van der Waals surface area contributed by atoms with Gasteiger partial charge in [-0.1, -0.05) is 44.2 Å². The number of fused-ring (bicyclic) bond motifs is 2. The third-order valence-corrected chi connectivity index (χ3v) is 4.74. The van der Waals surface area contributed by atoms with Gasteiger partial charge in [-0.25, -0.2) is 4.79 Å². The molecule has 2 heterocycles. The summed E-state index contributed by atoms with van der Waals surface area (Å²) in [6.45, 7) is 7.49. The number of nitrogens with zero attached hydrogens (tertiary/aromatic N) is 3. The first-order chi connectivity index (χ1) is 10.7. The molecule has 1 aromatic carbocycles. The summed E-state index contributed by atoms with van der Waals surface area (Å²) in [7, 11) is 0. The van der Waals surface area contributed by atoms with Crippen LogP contribution in [0.1, 0.15) is 32.3 Å². The van der Waals surface area contributed by atoms with Gasteiger partial charge in [0, 0.05) is 6.54 Å². The number of hydroxylamine groups is 2. The maximum Gasteiger partial charge on any atom is 0.345 e. The van der Waals surface area contributed by atoms with Gasteiger partial charge in [-0.3, -0.25) is 9.74 Å². The van der Waals surface area contributed by atoms with E-state index >= 15 is 0 Å². The third kappa shape index (κ3) is 2.83. The lowest BCUT2D eigenvalue weighted by Gasteiger charge is -2.38. The molecule has 0 aliphatic carbocycles. The number of amides is 2. The SMILES string of the molecule is CCN(CC)[C@@H]1CC[C@@H]2CN1C(=O)N2OCc1ccccc1. The standard InChI is InChI=1S/C17H25N3O2/c1-3-18(4-2)16-11-10-15-12-19(16)17(21)20(15)22-13-14-8-6-5-7-9-14/h5-9,15-16H,3-4,10-13H2,1-2H3/t15-,16+/m1/s1. The van der Waals surface area contributed by atoms with Crippen LogP contribution in [0.5, 0.6) is 0 Å². The summed E-state index contributed by atoms with van der Waals surface area (Å²) in [5.74, 6) is 0. The highest BCUT2D eigenvalue weighted by Crippen LogP contribution is 2.31. The third-order valence-electron chi connectivity index (χ3n) is 4.74. The quantitative estimate of drug-likeness (QED) is 0.810. The average molecular weight is 303 g/mol. The van der Waals surface area contributed by atoms with Crippen molar-refractivity contribution in [3.8, 4) is 0 Å². The fourth-order valence-electron chi connectivity index (χ4n) is 3.52. The first-order valence-corrected chi connectivity index (χ1v) is 8.25. The molecule has 2 saturated heterocycles. The lowest BCUT2D eigenvalue weighted by Crippen LogP contribution is -2.51. The Labute approximate surface area is 132 Å². The Morgan fingerprint density at radius 2 is 1.91 bits per heavy atom. The van der Waals surface area contributed by atoms with Crippen LogP contribution < -0.4 is 0 Å². The molecule has 2 bridgehead atoms. The second-order valence-corrected chi connectivity index (χ2v) is 5.95. The van der Waals surface area contributed by atoms with Crippen LogP contribution in [0.25, 0.3) is 0 Å². The number of carbonyl (C=O) groups excluding carboxylic acids is 1. The molecule has 2 aliphatic heterocycles. The summed E-state index contributed by atoms with van der Waals surface area (Å²) in [5.41, 5.74) is 1.09. The van der Waals surface area contributed by atoms with Crippen LogP contribution >= 0.6 is 0 Å². The molecule has 5 heteroatoms. The minimum atomic E-state index is 0.0235. The van der Waals surface area contributed by atoms with Crippen LogP contribution in [0.2, 0.25) is 0 Å².